The van der Waals surface area contributed by atoms with Crippen LogP contribution in [0.15, 0.2) is 34.6 Å². The summed E-state index contributed by atoms with van der Waals surface area (Å²) < 4.78 is 13.5. The molecule has 2 N–H and O–H groups in total. The van der Waals surface area contributed by atoms with Crippen molar-refractivity contribution in [1.82, 2.24) is 15.6 Å². The highest BCUT2D eigenvalue weighted by Crippen LogP contribution is 2.47. The van der Waals surface area contributed by atoms with E-state index >= 15 is 0 Å². The molecule has 1 saturated carbocycles. The third kappa shape index (κ3) is 6.41. The number of halogens is 2. The van der Waals surface area contributed by atoms with Crippen molar-refractivity contribution in [2.45, 2.75) is 44.4 Å². The van der Waals surface area contributed by atoms with Gasteiger partial charge in [-0.3, -0.25) is 4.99 Å². The number of aliphatic imine (C=N–C) groups is 1. The summed E-state index contributed by atoms with van der Waals surface area (Å²) in [7, 11) is 1.79. The van der Waals surface area contributed by atoms with E-state index in [-0.39, 0.29) is 35.2 Å². The smallest absolute Gasteiger partial charge is 0.191 e. The predicted octanol–water partition coefficient (Wildman–Crippen LogP) is 4.43. The zero-order valence-electron chi connectivity index (χ0n) is 15.9. The summed E-state index contributed by atoms with van der Waals surface area (Å²) in [5.41, 5.74) is 2.25. The molecule has 0 bridgehead atoms. The standard InChI is InChI=1S/C20H27FN4S.HI/c1-15-13-26-18(25-15)8-3-4-11-23-19(22-2)24-14-20(9-10-20)16-6-5-7-17(21)12-16;/h5-7,12-13H,3-4,8-11,14H2,1-2H3,(H2,22,23,24);1H. The summed E-state index contributed by atoms with van der Waals surface area (Å²) in [5, 5.41) is 10.1. The van der Waals surface area contributed by atoms with Crippen LogP contribution in [0.1, 0.15) is 41.9 Å². The van der Waals surface area contributed by atoms with Crippen molar-refractivity contribution in [3.63, 3.8) is 0 Å². The summed E-state index contributed by atoms with van der Waals surface area (Å²) in [6.45, 7) is 3.71. The highest BCUT2D eigenvalue weighted by atomic mass is 127. The van der Waals surface area contributed by atoms with Crippen LogP contribution in [-0.4, -0.2) is 31.1 Å². The maximum Gasteiger partial charge on any atom is 0.191 e. The van der Waals surface area contributed by atoms with Crippen LogP contribution in [0.2, 0.25) is 0 Å². The maximum absolute atomic E-state index is 13.5. The van der Waals surface area contributed by atoms with E-state index in [1.165, 1.54) is 11.1 Å². The molecule has 27 heavy (non-hydrogen) atoms. The Balaban J connectivity index is 0.00000261. The van der Waals surface area contributed by atoms with Gasteiger partial charge >= 0.3 is 0 Å². The van der Waals surface area contributed by atoms with Gasteiger partial charge in [-0.2, -0.15) is 0 Å². The van der Waals surface area contributed by atoms with Crippen LogP contribution in [0.25, 0.3) is 0 Å². The van der Waals surface area contributed by atoms with Gasteiger partial charge in [-0.15, -0.1) is 35.3 Å². The van der Waals surface area contributed by atoms with E-state index in [1.54, 1.807) is 30.5 Å². The largest absolute Gasteiger partial charge is 0.356 e. The lowest BCUT2D eigenvalue weighted by molar-refractivity contribution is 0.605. The van der Waals surface area contributed by atoms with Gasteiger partial charge in [0.25, 0.3) is 0 Å². The van der Waals surface area contributed by atoms with Crippen LogP contribution in [0.5, 0.6) is 0 Å². The van der Waals surface area contributed by atoms with Crippen LogP contribution in [-0.2, 0) is 11.8 Å². The molecule has 2 aromatic rings. The van der Waals surface area contributed by atoms with Gasteiger partial charge in [0, 0.05) is 36.6 Å². The number of hydrogen-bond acceptors (Lipinski definition) is 3. The van der Waals surface area contributed by atoms with Crippen LogP contribution in [0, 0.1) is 12.7 Å². The first kappa shape index (κ1) is 22.1. The van der Waals surface area contributed by atoms with Crippen LogP contribution in [0.3, 0.4) is 0 Å². The lowest BCUT2D eigenvalue weighted by Gasteiger charge is -2.19. The lowest BCUT2D eigenvalue weighted by atomic mass is 9.96. The number of thiazole rings is 1. The van der Waals surface area contributed by atoms with Gasteiger partial charge in [-0.1, -0.05) is 12.1 Å². The number of nitrogens with one attached hydrogen (secondary N) is 2. The second kappa shape index (κ2) is 10.4. The first-order chi connectivity index (χ1) is 12.6. The molecule has 0 atom stereocenters. The number of hydrogen-bond donors (Lipinski definition) is 2. The Morgan fingerprint density at radius 2 is 2.11 bits per heavy atom. The van der Waals surface area contributed by atoms with E-state index in [0.29, 0.717) is 0 Å². The number of rotatable bonds is 8. The first-order valence-corrected chi connectivity index (χ1v) is 10.1. The van der Waals surface area contributed by atoms with Crippen molar-refractivity contribution in [1.29, 1.82) is 0 Å². The average molecular weight is 502 g/mol. The summed E-state index contributed by atoms with van der Waals surface area (Å²) in [6, 6.07) is 6.97. The van der Waals surface area contributed by atoms with Crippen molar-refractivity contribution < 1.29 is 4.39 Å². The second-order valence-electron chi connectivity index (χ2n) is 6.98. The minimum atomic E-state index is -0.160. The molecular weight excluding hydrogens is 474 g/mol. The Morgan fingerprint density at radius 1 is 1.30 bits per heavy atom. The minimum Gasteiger partial charge on any atom is -0.356 e. The summed E-state index contributed by atoms with van der Waals surface area (Å²) in [4.78, 5) is 8.79. The molecule has 0 spiro atoms. The van der Waals surface area contributed by atoms with Gasteiger partial charge in [-0.05, 0) is 56.7 Å². The fraction of sp³-hybridized carbons (Fsp3) is 0.500. The third-order valence-electron chi connectivity index (χ3n) is 4.88. The van der Waals surface area contributed by atoms with Gasteiger partial charge in [-0.25, -0.2) is 9.37 Å². The van der Waals surface area contributed by atoms with E-state index < -0.39 is 0 Å². The highest BCUT2D eigenvalue weighted by Gasteiger charge is 2.44. The first-order valence-electron chi connectivity index (χ1n) is 9.23. The molecule has 1 aliphatic rings. The van der Waals surface area contributed by atoms with E-state index in [4.69, 9.17) is 0 Å². The summed E-state index contributed by atoms with van der Waals surface area (Å²) in [5.74, 6) is 0.657. The number of aryl methyl sites for hydroxylation is 2. The summed E-state index contributed by atoms with van der Waals surface area (Å²) in [6.07, 6.45) is 5.41. The average Bonchev–Trinajstić information content (AvgIpc) is 3.32. The van der Waals surface area contributed by atoms with Crippen molar-refractivity contribution in [2.24, 2.45) is 4.99 Å². The van der Waals surface area contributed by atoms with Gasteiger partial charge < -0.3 is 10.6 Å². The molecule has 4 nitrogen and oxygen atoms in total. The maximum atomic E-state index is 13.5. The van der Waals surface area contributed by atoms with Gasteiger partial charge in [0.2, 0.25) is 0 Å². The second-order valence-corrected chi connectivity index (χ2v) is 7.93. The zero-order valence-corrected chi connectivity index (χ0v) is 19.1. The molecule has 7 heteroatoms. The van der Waals surface area contributed by atoms with Gasteiger partial charge in [0.1, 0.15) is 5.82 Å². The monoisotopic (exact) mass is 502 g/mol. The van der Waals surface area contributed by atoms with Gasteiger partial charge in [0.15, 0.2) is 5.96 Å². The van der Waals surface area contributed by atoms with E-state index in [2.05, 4.69) is 26.0 Å². The lowest BCUT2D eigenvalue weighted by Crippen LogP contribution is -2.41. The van der Waals surface area contributed by atoms with Crippen molar-refractivity contribution in [3.8, 4) is 0 Å². The van der Waals surface area contributed by atoms with Crippen LogP contribution >= 0.6 is 35.3 Å². The zero-order chi connectivity index (χ0) is 18.4. The molecule has 148 valence electrons. The molecule has 1 aromatic heterocycles. The predicted molar refractivity (Wildman–Crippen MR) is 122 cm³/mol. The number of benzene rings is 1. The van der Waals surface area contributed by atoms with E-state index in [0.717, 1.165) is 62.4 Å². The minimum absolute atomic E-state index is 0. The molecule has 0 amide bonds. The van der Waals surface area contributed by atoms with Crippen molar-refractivity contribution in [2.75, 3.05) is 20.1 Å². The van der Waals surface area contributed by atoms with E-state index in [1.807, 2.05) is 13.0 Å². The fourth-order valence-corrected chi connectivity index (χ4v) is 3.95. The molecule has 3 rings (SSSR count). The Kier molecular flexibility index (Phi) is 8.47. The Hall–Kier alpha value is -1.22. The number of guanidine groups is 1. The highest BCUT2D eigenvalue weighted by molar-refractivity contribution is 14.0. The number of unbranched alkanes of at least 4 members (excludes halogenated alkanes) is 1. The normalized spacial score (nSPS) is 15.1. The molecule has 1 heterocycles. The van der Waals surface area contributed by atoms with E-state index in [9.17, 15) is 4.39 Å². The van der Waals surface area contributed by atoms with Gasteiger partial charge in [0.05, 0.1) is 5.01 Å². The molecule has 1 aromatic carbocycles. The molecule has 0 unspecified atom stereocenters. The number of nitrogens with zero attached hydrogens (tertiary/aromatic N) is 2. The van der Waals surface area contributed by atoms with Crippen LogP contribution < -0.4 is 10.6 Å². The third-order valence-corrected chi connectivity index (χ3v) is 5.91. The topological polar surface area (TPSA) is 49.3 Å². The summed E-state index contributed by atoms with van der Waals surface area (Å²) >= 11 is 1.74. The fourth-order valence-electron chi connectivity index (χ4n) is 3.14. The molecular formula is C20H28FIN4S. The molecule has 1 fully saturated rings. The molecule has 1 aliphatic carbocycles. The Morgan fingerprint density at radius 3 is 2.74 bits per heavy atom. The SMILES string of the molecule is CN=C(NCCCCc1nc(C)cs1)NCC1(c2cccc(F)c2)CC1.I. The molecule has 0 aliphatic heterocycles. The van der Waals surface area contributed by atoms with Crippen molar-refractivity contribution >= 4 is 41.3 Å². The molecule has 0 radical (unpaired) electrons. The van der Waals surface area contributed by atoms with Crippen LogP contribution in [0.4, 0.5) is 4.39 Å². The quantitative estimate of drug-likeness (QED) is 0.243. The Labute approximate surface area is 182 Å². The number of aromatic nitrogens is 1. The Bertz CT molecular complexity index is 758. The molecule has 0 saturated heterocycles. The van der Waals surface area contributed by atoms with Crippen molar-refractivity contribution in [3.05, 3.63) is 51.7 Å².